The largest absolute Gasteiger partial charge is 0.360 e. The number of thiocarbonyl (C=S) groups is 1. The highest BCUT2D eigenvalue weighted by molar-refractivity contribution is 7.80. The molecule has 0 aromatic heterocycles. The Morgan fingerprint density at radius 1 is 1.13 bits per heavy atom. The van der Waals surface area contributed by atoms with Crippen LogP contribution in [0.2, 0.25) is 0 Å². The smallest absolute Gasteiger partial charge is 0.169 e. The van der Waals surface area contributed by atoms with Gasteiger partial charge in [0.2, 0.25) is 0 Å². The van der Waals surface area contributed by atoms with E-state index in [2.05, 4.69) is 24.2 Å². The van der Waals surface area contributed by atoms with Gasteiger partial charge < -0.3 is 10.2 Å². The van der Waals surface area contributed by atoms with Crippen LogP contribution in [0.1, 0.15) is 45.4 Å². The summed E-state index contributed by atoms with van der Waals surface area (Å²) in [5.74, 6) is 0.916. The first kappa shape index (κ1) is 11.2. The van der Waals surface area contributed by atoms with Crippen molar-refractivity contribution in [2.24, 2.45) is 5.92 Å². The lowest BCUT2D eigenvalue weighted by Crippen LogP contribution is -2.45. The molecule has 3 heteroatoms. The summed E-state index contributed by atoms with van der Waals surface area (Å²) < 4.78 is 0. The second kappa shape index (κ2) is 4.69. The molecule has 0 unspecified atom stereocenters. The number of nitrogens with zero attached hydrogens (tertiary/aromatic N) is 1. The Morgan fingerprint density at radius 2 is 1.73 bits per heavy atom. The van der Waals surface area contributed by atoms with E-state index in [0.29, 0.717) is 12.1 Å². The number of hydrogen-bond donors (Lipinski definition) is 1. The van der Waals surface area contributed by atoms with Crippen LogP contribution in [0.15, 0.2) is 0 Å². The molecule has 0 heterocycles. The third-order valence-corrected chi connectivity index (χ3v) is 4.16. The minimum atomic E-state index is 0.681. The molecule has 0 radical (unpaired) electrons. The van der Waals surface area contributed by atoms with Crippen molar-refractivity contribution in [2.45, 2.75) is 57.5 Å². The molecule has 0 atom stereocenters. The Hall–Kier alpha value is -0.310. The Morgan fingerprint density at radius 3 is 2.27 bits per heavy atom. The van der Waals surface area contributed by atoms with Crippen LogP contribution in [-0.2, 0) is 0 Å². The fraction of sp³-hybridized carbons (Fsp3) is 0.917. The molecule has 0 saturated heterocycles. The molecule has 1 N–H and O–H groups in total. The van der Waals surface area contributed by atoms with Crippen molar-refractivity contribution >= 4 is 17.3 Å². The molecule has 15 heavy (non-hydrogen) atoms. The van der Waals surface area contributed by atoms with Crippen molar-refractivity contribution in [2.75, 3.05) is 7.05 Å². The monoisotopic (exact) mass is 226 g/mol. The zero-order valence-corrected chi connectivity index (χ0v) is 10.6. The fourth-order valence-electron chi connectivity index (χ4n) is 2.30. The summed E-state index contributed by atoms with van der Waals surface area (Å²) in [6.45, 7) is 2.36. The van der Waals surface area contributed by atoms with Gasteiger partial charge in [-0.2, -0.15) is 0 Å². The topological polar surface area (TPSA) is 15.3 Å². The molecule has 0 spiro atoms. The molecule has 0 aliphatic heterocycles. The first-order chi connectivity index (χ1) is 7.16. The predicted molar refractivity (Wildman–Crippen MR) is 67.9 cm³/mol. The molecule has 0 aromatic carbocycles. The SMILES string of the molecule is CC1CCC(N(C)C(=S)NC2CC2)CC1. The molecule has 0 aromatic rings. The molecule has 86 valence electrons. The predicted octanol–water partition coefficient (Wildman–Crippen LogP) is 2.53. The molecule has 2 aliphatic rings. The maximum absolute atomic E-state index is 5.42. The van der Waals surface area contributed by atoms with Crippen molar-refractivity contribution < 1.29 is 0 Å². The summed E-state index contributed by atoms with van der Waals surface area (Å²) in [5, 5.41) is 4.39. The van der Waals surface area contributed by atoms with E-state index >= 15 is 0 Å². The summed E-state index contributed by atoms with van der Waals surface area (Å²) in [5.41, 5.74) is 0. The van der Waals surface area contributed by atoms with Crippen LogP contribution in [0.5, 0.6) is 0 Å². The van der Waals surface area contributed by atoms with Crippen molar-refractivity contribution in [1.29, 1.82) is 0 Å². The van der Waals surface area contributed by atoms with Crippen LogP contribution in [-0.4, -0.2) is 29.1 Å². The third-order valence-electron chi connectivity index (χ3n) is 3.76. The molecule has 0 bridgehead atoms. The lowest BCUT2D eigenvalue weighted by molar-refractivity contribution is 0.237. The summed E-state index contributed by atoms with van der Waals surface area (Å²) in [6, 6.07) is 1.36. The molecule has 2 fully saturated rings. The first-order valence-electron chi connectivity index (χ1n) is 6.20. The van der Waals surface area contributed by atoms with E-state index in [4.69, 9.17) is 12.2 Å². The van der Waals surface area contributed by atoms with Crippen molar-refractivity contribution in [3.63, 3.8) is 0 Å². The summed E-state index contributed by atoms with van der Waals surface area (Å²) in [7, 11) is 2.15. The van der Waals surface area contributed by atoms with Crippen LogP contribution in [0.25, 0.3) is 0 Å². The maximum Gasteiger partial charge on any atom is 0.169 e. The average Bonchev–Trinajstić information content (AvgIpc) is 3.02. The Kier molecular flexibility index (Phi) is 3.49. The Balaban J connectivity index is 1.78. The number of nitrogens with one attached hydrogen (secondary N) is 1. The highest BCUT2D eigenvalue weighted by atomic mass is 32.1. The first-order valence-corrected chi connectivity index (χ1v) is 6.61. The molecule has 2 saturated carbocycles. The van der Waals surface area contributed by atoms with E-state index in [9.17, 15) is 0 Å². The van der Waals surface area contributed by atoms with E-state index in [-0.39, 0.29) is 0 Å². The molecular weight excluding hydrogens is 204 g/mol. The Bertz CT molecular complexity index is 230. The molecule has 2 rings (SSSR count). The molecular formula is C12H22N2S. The second-order valence-corrected chi connectivity index (χ2v) is 5.64. The summed E-state index contributed by atoms with van der Waals surface area (Å²) >= 11 is 5.42. The van der Waals surface area contributed by atoms with Crippen LogP contribution in [0, 0.1) is 5.92 Å². The molecule has 2 aliphatic carbocycles. The van der Waals surface area contributed by atoms with Gasteiger partial charge in [0, 0.05) is 19.1 Å². The fourth-order valence-corrected chi connectivity index (χ4v) is 2.62. The minimum Gasteiger partial charge on any atom is -0.360 e. The van der Waals surface area contributed by atoms with Gasteiger partial charge in [0.15, 0.2) is 5.11 Å². The second-order valence-electron chi connectivity index (χ2n) is 5.25. The number of hydrogen-bond acceptors (Lipinski definition) is 1. The van der Waals surface area contributed by atoms with Gasteiger partial charge in [-0.05, 0) is 56.7 Å². The molecule has 2 nitrogen and oxygen atoms in total. The zero-order valence-electron chi connectivity index (χ0n) is 9.83. The van der Waals surface area contributed by atoms with E-state index < -0.39 is 0 Å². The lowest BCUT2D eigenvalue weighted by atomic mass is 9.87. The van der Waals surface area contributed by atoms with Crippen LogP contribution >= 0.6 is 12.2 Å². The van der Waals surface area contributed by atoms with Gasteiger partial charge in [-0.15, -0.1) is 0 Å². The van der Waals surface area contributed by atoms with Crippen LogP contribution in [0.4, 0.5) is 0 Å². The van der Waals surface area contributed by atoms with E-state index in [1.807, 2.05) is 0 Å². The average molecular weight is 226 g/mol. The zero-order chi connectivity index (χ0) is 10.8. The van der Waals surface area contributed by atoms with Crippen molar-refractivity contribution in [3.05, 3.63) is 0 Å². The van der Waals surface area contributed by atoms with E-state index in [1.165, 1.54) is 38.5 Å². The van der Waals surface area contributed by atoms with E-state index in [0.717, 1.165) is 11.0 Å². The van der Waals surface area contributed by atoms with Gasteiger partial charge in [-0.25, -0.2) is 0 Å². The minimum absolute atomic E-state index is 0.681. The van der Waals surface area contributed by atoms with Crippen LogP contribution in [0.3, 0.4) is 0 Å². The highest BCUT2D eigenvalue weighted by Crippen LogP contribution is 2.27. The Labute approximate surface area is 98.4 Å². The third kappa shape index (κ3) is 3.07. The van der Waals surface area contributed by atoms with Gasteiger partial charge in [0.1, 0.15) is 0 Å². The number of rotatable bonds is 2. The van der Waals surface area contributed by atoms with Gasteiger partial charge in [0.25, 0.3) is 0 Å². The van der Waals surface area contributed by atoms with Gasteiger partial charge in [0.05, 0.1) is 0 Å². The standard InChI is InChI=1S/C12H22N2S/c1-9-3-7-11(8-4-9)14(2)12(15)13-10-5-6-10/h9-11H,3-8H2,1-2H3,(H,13,15). The summed E-state index contributed by atoms with van der Waals surface area (Å²) in [4.78, 5) is 2.29. The lowest BCUT2D eigenvalue weighted by Gasteiger charge is -2.35. The molecule has 0 amide bonds. The quantitative estimate of drug-likeness (QED) is 0.729. The summed E-state index contributed by atoms with van der Waals surface area (Å²) in [6.07, 6.45) is 7.95. The van der Waals surface area contributed by atoms with Gasteiger partial charge >= 0.3 is 0 Å². The highest BCUT2D eigenvalue weighted by Gasteiger charge is 2.27. The maximum atomic E-state index is 5.42. The van der Waals surface area contributed by atoms with Crippen molar-refractivity contribution in [3.8, 4) is 0 Å². The van der Waals surface area contributed by atoms with Crippen molar-refractivity contribution in [1.82, 2.24) is 10.2 Å². The van der Waals surface area contributed by atoms with Gasteiger partial charge in [-0.3, -0.25) is 0 Å². The normalized spacial score (nSPS) is 31.1. The van der Waals surface area contributed by atoms with E-state index in [1.54, 1.807) is 0 Å². The van der Waals surface area contributed by atoms with Crippen LogP contribution < -0.4 is 5.32 Å². The van der Waals surface area contributed by atoms with Gasteiger partial charge in [-0.1, -0.05) is 6.92 Å².